The topological polar surface area (TPSA) is 79.9 Å². The third-order valence-electron chi connectivity index (χ3n) is 1.87. The van der Waals surface area contributed by atoms with Gasteiger partial charge in [-0.3, -0.25) is 0 Å². The van der Waals surface area contributed by atoms with Crippen molar-refractivity contribution >= 4 is 11.5 Å². The van der Waals surface area contributed by atoms with Gasteiger partial charge in [0.2, 0.25) is 0 Å². The van der Waals surface area contributed by atoms with Crippen LogP contribution in [0.5, 0.6) is 0 Å². The van der Waals surface area contributed by atoms with E-state index in [1.54, 1.807) is 11.8 Å². The molecule has 5 N–H and O–H groups in total. The maximum Gasteiger partial charge on any atom is 0.173 e. The predicted octanol–water partition coefficient (Wildman–Crippen LogP) is -0.402. The van der Waals surface area contributed by atoms with Crippen molar-refractivity contribution in [3.05, 3.63) is 5.69 Å². The zero-order valence-corrected chi connectivity index (χ0v) is 8.18. The first-order valence-electron chi connectivity index (χ1n) is 4.13. The predicted molar refractivity (Wildman–Crippen MR) is 54.5 cm³/mol. The van der Waals surface area contributed by atoms with Crippen molar-refractivity contribution < 1.29 is 0 Å². The van der Waals surface area contributed by atoms with E-state index in [9.17, 15) is 0 Å². The number of nitrogens with one attached hydrogen (secondary N) is 3. The summed E-state index contributed by atoms with van der Waals surface area (Å²) in [6, 6.07) is 0. The minimum absolute atomic E-state index is 0.436. The molecule has 6 heteroatoms. The standard InChI is InChI=1S/C7H16N6/c1-9-6-5(4-8)13(11-3)12-7(6)10-2/h9,11H,4,8H2,1-3H3,(H,10,12). The molecule has 1 aromatic rings. The Morgan fingerprint density at radius 1 is 1.31 bits per heavy atom. The summed E-state index contributed by atoms with van der Waals surface area (Å²) in [6.07, 6.45) is 0. The van der Waals surface area contributed by atoms with E-state index in [1.807, 2.05) is 14.1 Å². The third-order valence-corrected chi connectivity index (χ3v) is 1.87. The first kappa shape index (κ1) is 9.66. The van der Waals surface area contributed by atoms with Gasteiger partial charge in [-0.1, -0.05) is 0 Å². The molecule has 0 atom stereocenters. The molecule has 0 fully saturated rings. The molecular weight excluding hydrogens is 168 g/mol. The van der Waals surface area contributed by atoms with Gasteiger partial charge < -0.3 is 21.8 Å². The van der Waals surface area contributed by atoms with Gasteiger partial charge in [0.1, 0.15) is 11.4 Å². The van der Waals surface area contributed by atoms with Crippen LogP contribution in [0.25, 0.3) is 0 Å². The summed E-state index contributed by atoms with van der Waals surface area (Å²) in [5.41, 5.74) is 10.4. The fourth-order valence-electron chi connectivity index (χ4n) is 1.26. The third kappa shape index (κ3) is 1.52. The van der Waals surface area contributed by atoms with Gasteiger partial charge in [-0.05, 0) is 0 Å². The van der Waals surface area contributed by atoms with Crippen molar-refractivity contribution in [2.45, 2.75) is 6.54 Å². The summed E-state index contributed by atoms with van der Waals surface area (Å²) in [4.78, 5) is 1.65. The molecule has 0 aliphatic rings. The maximum atomic E-state index is 5.60. The van der Waals surface area contributed by atoms with E-state index < -0.39 is 0 Å². The van der Waals surface area contributed by atoms with Crippen LogP contribution in [0, 0.1) is 0 Å². The second-order valence-corrected chi connectivity index (χ2v) is 2.51. The molecule has 0 aliphatic heterocycles. The van der Waals surface area contributed by atoms with Crippen LogP contribution in [-0.2, 0) is 6.54 Å². The second-order valence-electron chi connectivity index (χ2n) is 2.51. The Hall–Kier alpha value is -1.43. The number of hydrogen-bond donors (Lipinski definition) is 4. The highest BCUT2D eigenvalue weighted by molar-refractivity contribution is 5.67. The van der Waals surface area contributed by atoms with Crippen molar-refractivity contribution in [3.8, 4) is 0 Å². The molecule has 1 rings (SSSR count). The molecule has 0 aliphatic carbocycles. The zero-order chi connectivity index (χ0) is 9.84. The maximum absolute atomic E-state index is 5.60. The minimum Gasteiger partial charge on any atom is -0.384 e. The Balaban J connectivity index is 3.17. The van der Waals surface area contributed by atoms with Gasteiger partial charge >= 0.3 is 0 Å². The summed E-state index contributed by atoms with van der Waals surface area (Å²) in [5, 5.41) is 10.3. The van der Waals surface area contributed by atoms with Crippen molar-refractivity contribution in [1.29, 1.82) is 0 Å². The molecule has 1 aromatic heterocycles. The highest BCUT2D eigenvalue weighted by atomic mass is 15.6. The Kier molecular flexibility index (Phi) is 2.97. The Labute approximate surface area is 77.5 Å². The van der Waals surface area contributed by atoms with Crippen LogP contribution in [0.4, 0.5) is 11.5 Å². The van der Waals surface area contributed by atoms with E-state index in [-0.39, 0.29) is 0 Å². The Morgan fingerprint density at radius 3 is 2.38 bits per heavy atom. The summed E-state index contributed by atoms with van der Waals surface area (Å²) < 4.78 is 0. The van der Waals surface area contributed by atoms with Gasteiger partial charge in [-0.15, -0.1) is 5.10 Å². The molecule has 6 nitrogen and oxygen atoms in total. The number of hydrogen-bond acceptors (Lipinski definition) is 5. The summed E-state index contributed by atoms with van der Waals surface area (Å²) in [5.74, 6) is 0.789. The molecule has 1 heterocycles. The van der Waals surface area contributed by atoms with Crippen LogP contribution in [0.2, 0.25) is 0 Å². The molecule has 0 amide bonds. The number of nitrogens with two attached hydrogens (primary N) is 1. The van der Waals surface area contributed by atoms with Crippen molar-refractivity contribution in [3.63, 3.8) is 0 Å². The minimum atomic E-state index is 0.436. The van der Waals surface area contributed by atoms with Gasteiger partial charge in [0.25, 0.3) is 0 Å². The molecule has 0 saturated carbocycles. The number of rotatable bonds is 4. The van der Waals surface area contributed by atoms with E-state index in [4.69, 9.17) is 5.73 Å². The average Bonchev–Trinajstić information content (AvgIpc) is 2.54. The smallest absolute Gasteiger partial charge is 0.173 e. The molecule has 74 valence electrons. The van der Waals surface area contributed by atoms with Crippen LogP contribution in [-0.4, -0.2) is 31.0 Å². The van der Waals surface area contributed by atoms with Gasteiger partial charge in [-0.25, -0.2) is 0 Å². The second kappa shape index (κ2) is 3.99. The molecular formula is C7H16N6. The van der Waals surface area contributed by atoms with E-state index in [0.717, 1.165) is 17.2 Å². The van der Waals surface area contributed by atoms with Crippen molar-refractivity contribution in [2.75, 3.05) is 37.2 Å². The van der Waals surface area contributed by atoms with Gasteiger partial charge in [-0.2, -0.15) is 4.79 Å². The SMILES string of the molecule is CNc1nn(NC)c(CN)c1NC. The van der Waals surface area contributed by atoms with Gasteiger partial charge in [0, 0.05) is 27.7 Å². The Bertz CT molecular complexity index is 252. The quantitative estimate of drug-likeness (QED) is 0.512. The van der Waals surface area contributed by atoms with Crippen LogP contribution >= 0.6 is 0 Å². The molecule has 0 unspecified atom stereocenters. The number of aromatic nitrogens is 2. The van der Waals surface area contributed by atoms with Crippen LogP contribution < -0.4 is 21.8 Å². The molecule has 0 radical (unpaired) electrons. The number of anilines is 2. The lowest BCUT2D eigenvalue weighted by Crippen LogP contribution is -2.17. The van der Waals surface area contributed by atoms with Crippen LogP contribution in [0.15, 0.2) is 0 Å². The summed E-state index contributed by atoms with van der Waals surface area (Å²) >= 11 is 0. The monoisotopic (exact) mass is 184 g/mol. The lowest BCUT2D eigenvalue weighted by Gasteiger charge is -2.04. The molecule has 0 aromatic carbocycles. The van der Waals surface area contributed by atoms with Crippen LogP contribution in [0.3, 0.4) is 0 Å². The lowest BCUT2D eigenvalue weighted by atomic mass is 10.3. The normalized spacial score (nSPS) is 9.85. The average molecular weight is 184 g/mol. The zero-order valence-electron chi connectivity index (χ0n) is 8.18. The fourth-order valence-corrected chi connectivity index (χ4v) is 1.26. The molecule has 13 heavy (non-hydrogen) atoms. The van der Waals surface area contributed by atoms with Gasteiger partial charge in [0.15, 0.2) is 5.82 Å². The highest BCUT2D eigenvalue weighted by Crippen LogP contribution is 2.23. The van der Waals surface area contributed by atoms with E-state index in [0.29, 0.717) is 6.54 Å². The largest absolute Gasteiger partial charge is 0.384 e. The van der Waals surface area contributed by atoms with E-state index in [1.165, 1.54) is 0 Å². The van der Waals surface area contributed by atoms with Crippen molar-refractivity contribution in [2.24, 2.45) is 5.73 Å². The van der Waals surface area contributed by atoms with Gasteiger partial charge in [0.05, 0.1) is 0 Å². The fraction of sp³-hybridized carbons (Fsp3) is 0.571. The molecule has 0 saturated heterocycles. The first-order valence-corrected chi connectivity index (χ1v) is 4.13. The molecule has 0 spiro atoms. The first-order chi connectivity index (χ1) is 6.28. The lowest BCUT2D eigenvalue weighted by molar-refractivity contribution is 0.728. The summed E-state index contributed by atoms with van der Waals surface area (Å²) in [6.45, 7) is 0.436. The summed E-state index contributed by atoms with van der Waals surface area (Å²) in [7, 11) is 5.46. The highest BCUT2D eigenvalue weighted by Gasteiger charge is 2.13. The van der Waals surface area contributed by atoms with E-state index >= 15 is 0 Å². The molecule has 0 bridgehead atoms. The van der Waals surface area contributed by atoms with Crippen LogP contribution in [0.1, 0.15) is 5.69 Å². The van der Waals surface area contributed by atoms with Crippen molar-refractivity contribution in [1.82, 2.24) is 9.89 Å². The Morgan fingerprint density at radius 2 is 2.00 bits per heavy atom. The number of nitrogens with zero attached hydrogens (tertiary/aromatic N) is 2. The van der Waals surface area contributed by atoms with E-state index in [2.05, 4.69) is 21.2 Å².